The van der Waals surface area contributed by atoms with Crippen molar-refractivity contribution in [1.29, 1.82) is 0 Å². The summed E-state index contributed by atoms with van der Waals surface area (Å²) in [6, 6.07) is 13.6. The molecule has 1 amide bonds. The summed E-state index contributed by atoms with van der Waals surface area (Å²) in [6.45, 7) is 4.19. The van der Waals surface area contributed by atoms with Crippen molar-refractivity contribution >= 4 is 46.3 Å². The third-order valence-electron chi connectivity index (χ3n) is 5.16. The van der Waals surface area contributed by atoms with Gasteiger partial charge >= 0.3 is 0 Å². The van der Waals surface area contributed by atoms with E-state index in [1.807, 2.05) is 11.6 Å². The predicted octanol–water partition coefficient (Wildman–Crippen LogP) is 6.22. The van der Waals surface area contributed by atoms with Crippen LogP contribution in [0.25, 0.3) is 22.5 Å². The number of hydrogen-bond acceptors (Lipinski definition) is 6. The van der Waals surface area contributed by atoms with Crippen LogP contribution in [0.2, 0.25) is 5.02 Å². The van der Waals surface area contributed by atoms with E-state index in [4.69, 9.17) is 16.3 Å². The summed E-state index contributed by atoms with van der Waals surface area (Å²) in [5, 5.41) is 14.9. The van der Waals surface area contributed by atoms with E-state index < -0.39 is 0 Å². The lowest BCUT2D eigenvalue weighted by molar-refractivity contribution is -0.113. The van der Waals surface area contributed by atoms with E-state index >= 15 is 0 Å². The van der Waals surface area contributed by atoms with Crippen LogP contribution in [0.3, 0.4) is 0 Å². The molecule has 170 valence electrons. The van der Waals surface area contributed by atoms with Crippen molar-refractivity contribution in [1.82, 2.24) is 14.8 Å². The number of methoxy groups -OCH3 is 1. The molecule has 2 aromatic carbocycles. The minimum atomic E-state index is -0.183. The number of thioether (sulfide) groups is 1. The average molecular weight is 499 g/mol. The van der Waals surface area contributed by atoms with Crippen molar-refractivity contribution in [3.05, 3.63) is 63.3 Å². The molecule has 0 spiro atoms. The lowest BCUT2D eigenvalue weighted by Gasteiger charge is -2.10. The molecule has 0 aliphatic heterocycles. The minimum absolute atomic E-state index is 0.176. The standard InChI is InChI=1S/C24H23ClN4O2S2/c1-14-5-7-16(8-6-14)22-15(2)32-12-18(22)23-27-28-24(29(23)3)33-13-21(30)26-19-11-17(25)9-10-20(19)31-4/h5-12H,13H2,1-4H3,(H,26,30). The topological polar surface area (TPSA) is 69.0 Å². The fourth-order valence-electron chi connectivity index (χ4n) is 3.47. The molecule has 0 bridgehead atoms. The van der Waals surface area contributed by atoms with Crippen LogP contribution in [0.15, 0.2) is 53.0 Å². The molecule has 33 heavy (non-hydrogen) atoms. The van der Waals surface area contributed by atoms with Gasteiger partial charge in [0.15, 0.2) is 11.0 Å². The van der Waals surface area contributed by atoms with Crippen molar-refractivity contribution < 1.29 is 9.53 Å². The Morgan fingerprint density at radius 1 is 1.18 bits per heavy atom. The van der Waals surface area contributed by atoms with Crippen LogP contribution in [-0.4, -0.2) is 33.5 Å². The Labute approximate surface area is 206 Å². The predicted molar refractivity (Wildman–Crippen MR) is 137 cm³/mol. The normalized spacial score (nSPS) is 10.9. The summed E-state index contributed by atoms with van der Waals surface area (Å²) in [4.78, 5) is 13.8. The summed E-state index contributed by atoms with van der Waals surface area (Å²) in [7, 11) is 3.47. The number of amides is 1. The first-order valence-corrected chi connectivity index (χ1v) is 12.4. The van der Waals surface area contributed by atoms with E-state index in [0.717, 1.165) is 22.5 Å². The van der Waals surface area contributed by atoms with Crippen LogP contribution in [-0.2, 0) is 11.8 Å². The highest BCUT2D eigenvalue weighted by molar-refractivity contribution is 7.99. The number of aromatic nitrogens is 3. The number of carbonyl (C=O) groups excluding carboxylic acids is 1. The Kier molecular flexibility index (Phi) is 7.07. The molecular formula is C24H23ClN4O2S2. The van der Waals surface area contributed by atoms with Gasteiger partial charge in [0.1, 0.15) is 5.75 Å². The van der Waals surface area contributed by atoms with Crippen molar-refractivity contribution in [2.24, 2.45) is 7.05 Å². The Balaban J connectivity index is 1.51. The van der Waals surface area contributed by atoms with Gasteiger partial charge in [0, 0.05) is 33.5 Å². The lowest BCUT2D eigenvalue weighted by atomic mass is 10.0. The fourth-order valence-corrected chi connectivity index (χ4v) is 5.21. The zero-order chi connectivity index (χ0) is 23.5. The highest BCUT2D eigenvalue weighted by Crippen LogP contribution is 2.39. The first-order valence-electron chi connectivity index (χ1n) is 10.2. The highest BCUT2D eigenvalue weighted by atomic mass is 35.5. The quantitative estimate of drug-likeness (QED) is 0.306. The van der Waals surface area contributed by atoms with Gasteiger partial charge in [0.25, 0.3) is 0 Å². The maximum absolute atomic E-state index is 12.5. The van der Waals surface area contributed by atoms with Gasteiger partial charge in [-0.1, -0.05) is 53.2 Å². The third-order valence-corrected chi connectivity index (χ3v) is 7.33. The Hall–Kier alpha value is -2.81. The number of anilines is 1. The Morgan fingerprint density at radius 2 is 1.94 bits per heavy atom. The molecule has 0 saturated heterocycles. The summed E-state index contributed by atoms with van der Waals surface area (Å²) in [5.41, 5.74) is 5.11. The van der Waals surface area contributed by atoms with Crippen molar-refractivity contribution in [2.45, 2.75) is 19.0 Å². The van der Waals surface area contributed by atoms with Crippen LogP contribution in [0.4, 0.5) is 5.69 Å². The average Bonchev–Trinajstić information content (AvgIpc) is 3.35. The van der Waals surface area contributed by atoms with E-state index in [2.05, 4.69) is 59.0 Å². The number of nitrogens with one attached hydrogen (secondary N) is 1. The molecule has 0 radical (unpaired) electrons. The second kappa shape index (κ2) is 9.99. The van der Waals surface area contributed by atoms with E-state index in [9.17, 15) is 4.79 Å². The van der Waals surface area contributed by atoms with Gasteiger partial charge in [-0.2, -0.15) is 0 Å². The molecule has 0 fully saturated rings. The zero-order valence-electron chi connectivity index (χ0n) is 18.7. The lowest BCUT2D eigenvalue weighted by Crippen LogP contribution is -2.15. The monoisotopic (exact) mass is 498 g/mol. The molecule has 4 rings (SSSR count). The molecule has 0 unspecified atom stereocenters. The fraction of sp³-hybridized carbons (Fsp3) is 0.208. The molecule has 0 aliphatic carbocycles. The van der Waals surface area contributed by atoms with Crippen LogP contribution >= 0.6 is 34.7 Å². The molecule has 9 heteroatoms. The van der Waals surface area contributed by atoms with Crippen molar-refractivity contribution in [3.63, 3.8) is 0 Å². The molecule has 4 aromatic rings. The molecule has 0 aliphatic rings. The highest BCUT2D eigenvalue weighted by Gasteiger charge is 2.19. The van der Waals surface area contributed by atoms with Gasteiger partial charge in [-0.15, -0.1) is 21.5 Å². The summed E-state index contributed by atoms with van der Waals surface area (Å²) >= 11 is 9.06. The molecule has 1 N–H and O–H groups in total. The van der Waals surface area contributed by atoms with Gasteiger partial charge in [0.2, 0.25) is 5.91 Å². The number of halogens is 1. The van der Waals surface area contributed by atoms with Crippen molar-refractivity contribution in [2.75, 3.05) is 18.2 Å². The molecular weight excluding hydrogens is 476 g/mol. The molecule has 0 atom stereocenters. The van der Waals surface area contributed by atoms with Gasteiger partial charge in [-0.05, 0) is 37.6 Å². The maximum Gasteiger partial charge on any atom is 0.234 e. The number of carbonyl (C=O) groups is 1. The van der Waals surface area contributed by atoms with E-state index in [0.29, 0.717) is 21.6 Å². The van der Waals surface area contributed by atoms with Crippen molar-refractivity contribution in [3.8, 4) is 28.3 Å². The third kappa shape index (κ3) is 5.08. The second-order valence-corrected chi connectivity index (χ2v) is 9.96. The molecule has 2 heterocycles. The van der Waals surface area contributed by atoms with E-state index in [1.54, 1.807) is 36.6 Å². The van der Waals surface area contributed by atoms with Gasteiger partial charge in [-0.25, -0.2) is 0 Å². The van der Waals surface area contributed by atoms with Crippen LogP contribution in [0.5, 0.6) is 5.75 Å². The second-order valence-electron chi connectivity index (χ2n) is 7.49. The zero-order valence-corrected chi connectivity index (χ0v) is 21.1. The minimum Gasteiger partial charge on any atom is -0.495 e. The number of aryl methyl sites for hydroxylation is 2. The van der Waals surface area contributed by atoms with Crippen LogP contribution < -0.4 is 10.1 Å². The largest absolute Gasteiger partial charge is 0.495 e. The number of thiophene rings is 1. The van der Waals surface area contributed by atoms with Gasteiger partial charge in [0.05, 0.1) is 18.6 Å². The van der Waals surface area contributed by atoms with Gasteiger partial charge in [-0.3, -0.25) is 4.79 Å². The number of rotatable bonds is 7. The molecule has 0 saturated carbocycles. The molecule has 2 aromatic heterocycles. The summed E-state index contributed by atoms with van der Waals surface area (Å²) in [5.74, 6) is 1.32. The Morgan fingerprint density at radius 3 is 2.67 bits per heavy atom. The smallest absolute Gasteiger partial charge is 0.234 e. The maximum atomic E-state index is 12.5. The van der Waals surface area contributed by atoms with E-state index in [-0.39, 0.29) is 11.7 Å². The summed E-state index contributed by atoms with van der Waals surface area (Å²) < 4.78 is 7.21. The first-order chi connectivity index (χ1) is 15.9. The Bertz CT molecular complexity index is 1300. The SMILES string of the molecule is COc1ccc(Cl)cc1NC(=O)CSc1nnc(-c2csc(C)c2-c2ccc(C)cc2)n1C. The number of hydrogen-bond donors (Lipinski definition) is 1. The number of nitrogens with zero attached hydrogens (tertiary/aromatic N) is 3. The van der Waals surface area contributed by atoms with E-state index in [1.165, 1.54) is 22.2 Å². The number of benzene rings is 2. The van der Waals surface area contributed by atoms with Crippen LogP contribution in [0, 0.1) is 13.8 Å². The molecule has 6 nitrogen and oxygen atoms in total. The first kappa shape index (κ1) is 23.4. The summed E-state index contributed by atoms with van der Waals surface area (Å²) in [6.07, 6.45) is 0. The van der Waals surface area contributed by atoms with Gasteiger partial charge < -0.3 is 14.6 Å². The van der Waals surface area contributed by atoms with Crippen LogP contribution in [0.1, 0.15) is 10.4 Å². The number of ether oxygens (including phenoxy) is 1.